The molecule has 0 saturated heterocycles. The number of methoxy groups -OCH3 is 2. The molecule has 0 aliphatic rings. The summed E-state index contributed by atoms with van der Waals surface area (Å²) in [6.07, 6.45) is 2.13. The van der Waals surface area contributed by atoms with Crippen molar-refractivity contribution in [1.29, 1.82) is 0 Å². The second-order valence-corrected chi connectivity index (χ2v) is 4.74. The largest absolute Gasteiger partial charge is 0.497 e. The molecule has 20 heavy (non-hydrogen) atoms. The fourth-order valence-corrected chi connectivity index (χ4v) is 2.53. The Hall–Kier alpha value is -2.42. The molecule has 0 spiro atoms. The van der Waals surface area contributed by atoms with E-state index >= 15 is 0 Å². The Morgan fingerprint density at radius 1 is 0.950 bits per heavy atom. The molecule has 3 heteroatoms. The lowest BCUT2D eigenvalue weighted by Crippen LogP contribution is -1.97. The van der Waals surface area contributed by atoms with Crippen LogP contribution >= 0.6 is 0 Å². The summed E-state index contributed by atoms with van der Waals surface area (Å²) in [4.78, 5) is 0. The van der Waals surface area contributed by atoms with Gasteiger partial charge in [0.15, 0.2) is 0 Å². The summed E-state index contributed by atoms with van der Waals surface area (Å²) in [6.45, 7) is 2.12. The standard InChI is InChI=1S/C17H17NO2/c1-12-11-18(15-7-5-4-6-14(12)15)16-9-8-13(19-2)10-17(16)20-3/h4-11H,1-3H3. The van der Waals surface area contributed by atoms with Crippen molar-refractivity contribution in [1.82, 2.24) is 4.57 Å². The number of nitrogens with zero attached hydrogens (tertiary/aromatic N) is 1. The van der Waals surface area contributed by atoms with E-state index in [0.29, 0.717) is 0 Å². The summed E-state index contributed by atoms with van der Waals surface area (Å²) in [7, 11) is 3.33. The maximum Gasteiger partial charge on any atom is 0.146 e. The molecule has 0 amide bonds. The summed E-state index contributed by atoms with van der Waals surface area (Å²) in [5.74, 6) is 1.59. The molecule has 0 atom stereocenters. The van der Waals surface area contributed by atoms with Crippen molar-refractivity contribution >= 4 is 10.9 Å². The lowest BCUT2D eigenvalue weighted by Gasteiger charge is -2.12. The van der Waals surface area contributed by atoms with E-state index in [9.17, 15) is 0 Å². The van der Waals surface area contributed by atoms with Crippen LogP contribution in [-0.2, 0) is 0 Å². The van der Waals surface area contributed by atoms with E-state index in [2.05, 4.69) is 35.9 Å². The average Bonchev–Trinajstić information content (AvgIpc) is 2.84. The zero-order valence-corrected chi connectivity index (χ0v) is 11.9. The van der Waals surface area contributed by atoms with Gasteiger partial charge in [0.25, 0.3) is 0 Å². The van der Waals surface area contributed by atoms with Crippen molar-refractivity contribution in [3.63, 3.8) is 0 Å². The van der Waals surface area contributed by atoms with Gasteiger partial charge in [-0.25, -0.2) is 0 Å². The fourth-order valence-electron chi connectivity index (χ4n) is 2.53. The molecule has 3 nitrogen and oxygen atoms in total. The summed E-state index contributed by atoms with van der Waals surface area (Å²) < 4.78 is 12.9. The number of hydrogen-bond donors (Lipinski definition) is 0. The molecule has 1 aromatic heterocycles. The molecule has 0 bridgehead atoms. The van der Waals surface area contributed by atoms with Crippen LogP contribution in [-0.4, -0.2) is 18.8 Å². The van der Waals surface area contributed by atoms with Gasteiger partial charge in [0.2, 0.25) is 0 Å². The number of fused-ring (bicyclic) bond motifs is 1. The van der Waals surface area contributed by atoms with Crippen molar-refractivity contribution in [3.05, 3.63) is 54.2 Å². The van der Waals surface area contributed by atoms with Gasteiger partial charge < -0.3 is 14.0 Å². The van der Waals surface area contributed by atoms with Gasteiger partial charge >= 0.3 is 0 Å². The number of benzene rings is 2. The summed E-state index contributed by atoms with van der Waals surface area (Å²) in [6, 6.07) is 14.2. The van der Waals surface area contributed by atoms with E-state index in [-0.39, 0.29) is 0 Å². The van der Waals surface area contributed by atoms with Crippen LogP contribution in [0.15, 0.2) is 48.7 Å². The van der Waals surface area contributed by atoms with E-state index in [1.54, 1.807) is 14.2 Å². The highest BCUT2D eigenvalue weighted by Crippen LogP contribution is 2.32. The van der Waals surface area contributed by atoms with E-state index in [4.69, 9.17) is 9.47 Å². The van der Waals surface area contributed by atoms with Crippen LogP contribution in [0.4, 0.5) is 0 Å². The molecule has 0 saturated carbocycles. The first-order valence-electron chi connectivity index (χ1n) is 6.53. The van der Waals surface area contributed by atoms with Crippen molar-refractivity contribution < 1.29 is 9.47 Å². The highest BCUT2D eigenvalue weighted by atomic mass is 16.5. The number of aryl methyl sites for hydroxylation is 1. The van der Waals surface area contributed by atoms with Crippen LogP contribution < -0.4 is 9.47 Å². The van der Waals surface area contributed by atoms with Crippen molar-refractivity contribution in [2.24, 2.45) is 0 Å². The zero-order valence-electron chi connectivity index (χ0n) is 11.9. The highest BCUT2D eigenvalue weighted by molar-refractivity contribution is 5.85. The normalized spacial score (nSPS) is 10.8. The number of rotatable bonds is 3. The van der Waals surface area contributed by atoms with Crippen molar-refractivity contribution in [2.45, 2.75) is 6.92 Å². The Labute approximate surface area is 118 Å². The molecule has 0 N–H and O–H groups in total. The maximum atomic E-state index is 5.50. The van der Waals surface area contributed by atoms with Crippen LogP contribution in [0.1, 0.15) is 5.56 Å². The third-order valence-corrected chi connectivity index (χ3v) is 3.56. The first kappa shape index (κ1) is 12.6. The maximum absolute atomic E-state index is 5.50. The number of ether oxygens (including phenoxy) is 2. The first-order valence-corrected chi connectivity index (χ1v) is 6.53. The van der Waals surface area contributed by atoms with Crippen LogP contribution in [0.5, 0.6) is 11.5 Å². The molecule has 102 valence electrons. The van der Waals surface area contributed by atoms with Crippen molar-refractivity contribution in [2.75, 3.05) is 14.2 Å². The molecule has 0 radical (unpaired) electrons. The van der Waals surface area contributed by atoms with Gasteiger partial charge in [0, 0.05) is 17.6 Å². The fraction of sp³-hybridized carbons (Fsp3) is 0.176. The lowest BCUT2D eigenvalue weighted by molar-refractivity contribution is 0.393. The monoisotopic (exact) mass is 267 g/mol. The summed E-state index contributed by atoms with van der Waals surface area (Å²) >= 11 is 0. The van der Waals surface area contributed by atoms with Crippen molar-refractivity contribution in [3.8, 4) is 17.2 Å². The predicted molar refractivity (Wildman–Crippen MR) is 81.1 cm³/mol. The van der Waals surface area contributed by atoms with E-state index in [1.807, 2.05) is 24.3 Å². The molecular formula is C17H17NO2. The first-order chi connectivity index (χ1) is 9.74. The van der Waals surface area contributed by atoms with E-state index in [0.717, 1.165) is 17.2 Å². The van der Waals surface area contributed by atoms with Gasteiger partial charge in [0.1, 0.15) is 11.5 Å². The Bertz CT molecular complexity index is 759. The molecule has 0 aliphatic heterocycles. The summed E-state index contributed by atoms with van der Waals surface area (Å²) in [5, 5.41) is 1.25. The van der Waals surface area contributed by atoms with Gasteiger partial charge in [-0.05, 0) is 30.7 Å². The van der Waals surface area contributed by atoms with E-state index in [1.165, 1.54) is 16.5 Å². The molecule has 2 aromatic carbocycles. The van der Waals surface area contributed by atoms with Crippen LogP contribution in [0.25, 0.3) is 16.6 Å². The number of aromatic nitrogens is 1. The van der Waals surface area contributed by atoms with Crippen LogP contribution in [0.3, 0.4) is 0 Å². The minimum atomic E-state index is 0.791. The molecule has 3 rings (SSSR count). The van der Waals surface area contributed by atoms with Gasteiger partial charge in [-0.3, -0.25) is 0 Å². The van der Waals surface area contributed by atoms with Gasteiger partial charge in [-0.15, -0.1) is 0 Å². The third kappa shape index (κ3) is 1.92. The minimum Gasteiger partial charge on any atom is -0.497 e. The molecule has 0 fully saturated rings. The van der Waals surface area contributed by atoms with Crippen LogP contribution in [0, 0.1) is 6.92 Å². The molecule has 1 heterocycles. The third-order valence-electron chi connectivity index (χ3n) is 3.56. The Balaban J connectivity index is 2.25. The zero-order chi connectivity index (χ0) is 14.1. The van der Waals surface area contributed by atoms with Gasteiger partial charge in [-0.2, -0.15) is 0 Å². The molecule has 3 aromatic rings. The van der Waals surface area contributed by atoms with Crippen LogP contribution in [0.2, 0.25) is 0 Å². The minimum absolute atomic E-state index is 0.791. The van der Waals surface area contributed by atoms with Gasteiger partial charge in [0.05, 0.1) is 25.4 Å². The second-order valence-electron chi connectivity index (χ2n) is 4.74. The highest BCUT2D eigenvalue weighted by Gasteiger charge is 2.11. The lowest BCUT2D eigenvalue weighted by atomic mass is 10.2. The smallest absolute Gasteiger partial charge is 0.146 e. The topological polar surface area (TPSA) is 23.4 Å². The number of hydrogen-bond acceptors (Lipinski definition) is 2. The Morgan fingerprint density at radius 2 is 1.75 bits per heavy atom. The molecular weight excluding hydrogens is 250 g/mol. The molecule has 0 unspecified atom stereocenters. The Morgan fingerprint density at radius 3 is 2.50 bits per heavy atom. The quantitative estimate of drug-likeness (QED) is 0.717. The van der Waals surface area contributed by atoms with E-state index < -0.39 is 0 Å². The molecule has 0 aliphatic carbocycles. The Kier molecular flexibility index (Phi) is 3.11. The second kappa shape index (κ2) is 4.93. The summed E-state index contributed by atoms with van der Waals surface area (Å²) in [5.41, 5.74) is 3.43. The predicted octanol–water partition coefficient (Wildman–Crippen LogP) is 3.96. The van der Waals surface area contributed by atoms with Gasteiger partial charge in [-0.1, -0.05) is 18.2 Å². The average molecular weight is 267 g/mol. The SMILES string of the molecule is COc1ccc(-n2cc(C)c3ccccc32)c(OC)c1. The number of para-hydroxylation sites is 1.